The van der Waals surface area contributed by atoms with Crippen molar-refractivity contribution in [1.82, 2.24) is 19.4 Å². The van der Waals surface area contributed by atoms with Gasteiger partial charge in [0.1, 0.15) is 17.9 Å². The Morgan fingerprint density at radius 3 is 2.55 bits per heavy atom. The Hall–Kier alpha value is -3.19. The smallest absolute Gasteiger partial charge is 0.242 e. The fourth-order valence-electron chi connectivity index (χ4n) is 3.33. The first kappa shape index (κ1) is 21.1. The van der Waals surface area contributed by atoms with Crippen LogP contribution in [0.5, 0.6) is 0 Å². The number of likely N-dealkylation sites (N-methyl/N-ethyl adjacent to an activating group) is 1. The lowest BCUT2D eigenvalue weighted by Crippen LogP contribution is -2.33. The highest BCUT2D eigenvalue weighted by Gasteiger charge is 2.19. The Morgan fingerprint density at radius 1 is 1.03 bits per heavy atom. The van der Waals surface area contributed by atoms with Gasteiger partial charge in [-0.05, 0) is 42.3 Å². The first-order valence-corrected chi connectivity index (χ1v) is 11.1. The molecule has 0 spiro atoms. The lowest BCUT2D eigenvalue weighted by Gasteiger charge is -2.22. The highest BCUT2D eigenvalue weighted by atomic mass is 32.2. The number of hydrogen-bond donors (Lipinski definition) is 0. The number of imidazole rings is 1. The second-order valence-corrected chi connectivity index (χ2v) is 8.08. The van der Waals surface area contributed by atoms with Crippen LogP contribution in [0.25, 0.3) is 11.2 Å². The number of hydrogen-bond acceptors (Lipinski definition) is 4. The van der Waals surface area contributed by atoms with Gasteiger partial charge >= 0.3 is 0 Å². The minimum Gasteiger partial charge on any atom is -0.337 e. The molecular formula is C24H23FN4OS. The summed E-state index contributed by atoms with van der Waals surface area (Å²) in [6, 6.07) is 20.1. The van der Waals surface area contributed by atoms with Crippen LogP contribution in [-0.2, 0) is 23.6 Å². The maximum absolute atomic E-state index is 13.2. The number of carbonyl (C=O) groups excluding carboxylic acids is 1. The van der Waals surface area contributed by atoms with Crippen molar-refractivity contribution in [2.45, 2.75) is 30.9 Å². The molecule has 4 rings (SSSR count). The Kier molecular flexibility index (Phi) is 6.62. The van der Waals surface area contributed by atoms with Crippen molar-refractivity contribution >= 4 is 28.8 Å². The summed E-state index contributed by atoms with van der Waals surface area (Å²) < 4.78 is 15.1. The second kappa shape index (κ2) is 9.75. The molecule has 5 nitrogen and oxygen atoms in total. The summed E-state index contributed by atoms with van der Waals surface area (Å²) in [5.41, 5.74) is 3.53. The molecule has 2 aromatic heterocycles. The van der Waals surface area contributed by atoms with Crippen molar-refractivity contribution in [1.29, 1.82) is 0 Å². The third-order valence-electron chi connectivity index (χ3n) is 4.99. The summed E-state index contributed by atoms with van der Waals surface area (Å²) in [5, 5.41) is 0.724. The summed E-state index contributed by atoms with van der Waals surface area (Å²) in [6.07, 6.45) is 1.71. The average molecular weight is 435 g/mol. The zero-order valence-corrected chi connectivity index (χ0v) is 18.1. The van der Waals surface area contributed by atoms with Crippen LogP contribution < -0.4 is 0 Å². The van der Waals surface area contributed by atoms with Gasteiger partial charge in [0.2, 0.25) is 5.91 Å². The Labute approximate surface area is 184 Å². The first-order chi connectivity index (χ1) is 15.1. The molecule has 0 N–H and O–H groups in total. The zero-order valence-electron chi connectivity index (χ0n) is 17.2. The molecule has 158 valence electrons. The van der Waals surface area contributed by atoms with E-state index in [0.717, 1.165) is 21.8 Å². The molecular weight excluding hydrogens is 411 g/mol. The number of carbonyl (C=O) groups is 1. The molecule has 0 fully saturated rings. The minimum atomic E-state index is -0.256. The van der Waals surface area contributed by atoms with E-state index < -0.39 is 0 Å². The summed E-state index contributed by atoms with van der Waals surface area (Å²) in [6.45, 7) is 3.33. The van der Waals surface area contributed by atoms with Crippen LogP contribution in [0, 0.1) is 5.82 Å². The zero-order chi connectivity index (χ0) is 21.6. The normalized spacial score (nSPS) is 11.0. The number of fused-ring (bicyclic) bond motifs is 1. The van der Waals surface area contributed by atoms with Crippen LogP contribution in [0.3, 0.4) is 0 Å². The van der Waals surface area contributed by atoms with Gasteiger partial charge in [-0.1, -0.05) is 54.2 Å². The van der Waals surface area contributed by atoms with E-state index >= 15 is 0 Å². The number of halogens is 1. The molecule has 0 bridgehead atoms. The standard InChI is InChI=1S/C24H23FN4OS/c1-2-28(15-18-7-4-3-5-8-18)22(30)16-29-23-21(9-6-14-26-23)27-24(29)31-17-19-10-12-20(25)13-11-19/h3-14H,2,15-17H2,1H3. The predicted octanol–water partition coefficient (Wildman–Crippen LogP) is 4.91. The van der Waals surface area contributed by atoms with E-state index in [9.17, 15) is 9.18 Å². The van der Waals surface area contributed by atoms with Crippen molar-refractivity contribution in [2.24, 2.45) is 0 Å². The maximum Gasteiger partial charge on any atom is 0.242 e. The van der Waals surface area contributed by atoms with Crippen LogP contribution in [0.1, 0.15) is 18.1 Å². The summed E-state index contributed by atoms with van der Waals surface area (Å²) in [5.74, 6) is 0.382. The van der Waals surface area contributed by atoms with Crippen molar-refractivity contribution < 1.29 is 9.18 Å². The number of rotatable bonds is 8. The number of aromatic nitrogens is 3. The third-order valence-corrected chi connectivity index (χ3v) is 6.04. The van der Waals surface area contributed by atoms with Crippen LogP contribution in [0.4, 0.5) is 4.39 Å². The number of amides is 1. The quantitative estimate of drug-likeness (QED) is 0.370. The van der Waals surface area contributed by atoms with Gasteiger partial charge in [-0.25, -0.2) is 14.4 Å². The lowest BCUT2D eigenvalue weighted by molar-refractivity contribution is -0.132. The lowest BCUT2D eigenvalue weighted by atomic mass is 10.2. The van der Waals surface area contributed by atoms with E-state index in [4.69, 9.17) is 0 Å². The fraction of sp³-hybridized carbons (Fsp3) is 0.208. The molecule has 0 radical (unpaired) electrons. The molecule has 7 heteroatoms. The van der Waals surface area contributed by atoms with Gasteiger partial charge in [0, 0.05) is 25.0 Å². The van der Waals surface area contributed by atoms with E-state index in [-0.39, 0.29) is 18.3 Å². The summed E-state index contributed by atoms with van der Waals surface area (Å²) in [4.78, 5) is 24.1. The monoisotopic (exact) mass is 434 g/mol. The van der Waals surface area contributed by atoms with E-state index in [1.807, 2.05) is 58.9 Å². The largest absolute Gasteiger partial charge is 0.337 e. The predicted molar refractivity (Wildman–Crippen MR) is 121 cm³/mol. The second-order valence-electron chi connectivity index (χ2n) is 7.14. The Bertz CT molecular complexity index is 1160. The van der Waals surface area contributed by atoms with Crippen molar-refractivity contribution in [2.75, 3.05) is 6.54 Å². The number of thioether (sulfide) groups is 1. The van der Waals surface area contributed by atoms with Crippen LogP contribution in [0.15, 0.2) is 78.1 Å². The summed E-state index contributed by atoms with van der Waals surface area (Å²) >= 11 is 1.52. The van der Waals surface area contributed by atoms with Crippen molar-refractivity contribution in [3.05, 3.63) is 89.9 Å². The van der Waals surface area contributed by atoms with Gasteiger partial charge in [-0.3, -0.25) is 9.36 Å². The van der Waals surface area contributed by atoms with Gasteiger partial charge < -0.3 is 4.90 Å². The van der Waals surface area contributed by atoms with Crippen LogP contribution in [0.2, 0.25) is 0 Å². The Morgan fingerprint density at radius 2 is 1.81 bits per heavy atom. The molecule has 0 unspecified atom stereocenters. The topological polar surface area (TPSA) is 51.0 Å². The first-order valence-electron chi connectivity index (χ1n) is 10.1. The van der Waals surface area contributed by atoms with Gasteiger partial charge in [0.15, 0.2) is 10.8 Å². The highest BCUT2D eigenvalue weighted by molar-refractivity contribution is 7.98. The molecule has 0 saturated carbocycles. The molecule has 0 aliphatic heterocycles. The number of nitrogens with zero attached hydrogens (tertiary/aromatic N) is 4. The minimum absolute atomic E-state index is 0.0138. The third kappa shape index (κ3) is 5.11. The molecule has 2 heterocycles. The molecule has 1 amide bonds. The van der Waals surface area contributed by atoms with E-state index in [0.29, 0.717) is 24.5 Å². The van der Waals surface area contributed by atoms with Gasteiger partial charge in [0.25, 0.3) is 0 Å². The van der Waals surface area contributed by atoms with Gasteiger partial charge in [-0.2, -0.15) is 0 Å². The molecule has 0 saturated heterocycles. The number of benzene rings is 2. The highest BCUT2D eigenvalue weighted by Crippen LogP contribution is 2.26. The SMILES string of the molecule is CCN(Cc1ccccc1)C(=O)Cn1c(SCc2ccc(F)cc2)nc2cccnc21. The fourth-order valence-corrected chi connectivity index (χ4v) is 4.29. The number of pyridine rings is 1. The van der Waals surface area contributed by atoms with Gasteiger partial charge in [-0.15, -0.1) is 0 Å². The summed E-state index contributed by atoms with van der Waals surface area (Å²) in [7, 11) is 0. The molecule has 2 aromatic carbocycles. The van der Waals surface area contributed by atoms with Crippen molar-refractivity contribution in [3.8, 4) is 0 Å². The van der Waals surface area contributed by atoms with Crippen LogP contribution in [-0.4, -0.2) is 31.9 Å². The van der Waals surface area contributed by atoms with E-state index in [1.165, 1.54) is 23.9 Å². The Balaban J connectivity index is 1.55. The molecule has 4 aromatic rings. The van der Waals surface area contributed by atoms with Crippen molar-refractivity contribution in [3.63, 3.8) is 0 Å². The molecule has 0 atom stereocenters. The van der Waals surface area contributed by atoms with Crippen LogP contribution >= 0.6 is 11.8 Å². The molecule has 0 aliphatic rings. The van der Waals surface area contributed by atoms with E-state index in [2.05, 4.69) is 9.97 Å². The van der Waals surface area contributed by atoms with E-state index in [1.54, 1.807) is 18.3 Å². The molecule has 0 aliphatic carbocycles. The maximum atomic E-state index is 13.2. The molecule has 31 heavy (non-hydrogen) atoms. The average Bonchev–Trinajstić information content (AvgIpc) is 3.15. The van der Waals surface area contributed by atoms with Gasteiger partial charge in [0.05, 0.1) is 0 Å².